The van der Waals surface area contributed by atoms with Gasteiger partial charge in [0.25, 0.3) is 0 Å². The molecule has 0 unspecified atom stereocenters. The topological polar surface area (TPSA) is 16.4 Å². The highest BCUT2D eigenvalue weighted by molar-refractivity contribution is 6.14. The first-order valence-corrected chi connectivity index (χ1v) is 17.1. The lowest BCUT2D eigenvalue weighted by molar-refractivity contribution is 0.669. The van der Waals surface area contributed by atoms with Gasteiger partial charge in [0.05, 0.1) is 11.4 Å². The number of para-hydroxylation sites is 1. The van der Waals surface area contributed by atoms with Crippen LogP contribution in [0, 0.1) is 0 Å². The summed E-state index contributed by atoms with van der Waals surface area (Å²) in [6.45, 7) is 0. The number of nitrogens with zero attached hydrogens (tertiary/aromatic N) is 1. The lowest BCUT2D eigenvalue weighted by Gasteiger charge is -2.28. The zero-order valence-electron chi connectivity index (χ0n) is 27.3. The molecule has 0 bridgehead atoms. The van der Waals surface area contributed by atoms with Gasteiger partial charge >= 0.3 is 0 Å². The van der Waals surface area contributed by atoms with Crippen molar-refractivity contribution >= 4 is 71.3 Å². The standard InChI is InChI=1S/C48H31NO/c1-2-12-33(13-3-1)44-30-39(31-47-48(44)43-21-8-9-23-46(43)50-47)49(45-22-11-16-32-14-5-7-20-42(32)45)38-18-10-17-35(29-38)36-26-27-41-37(28-36)25-24-34-15-4-6-19-40(34)41/h1-31H. The molecule has 0 aliphatic carbocycles. The van der Waals surface area contributed by atoms with Gasteiger partial charge in [0.1, 0.15) is 11.2 Å². The van der Waals surface area contributed by atoms with Crippen LogP contribution in [0.2, 0.25) is 0 Å². The second-order valence-electron chi connectivity index (χ2n) is 12.9. The highest BCUT2D eigenvalue weighted by Crippen LogP contribution is 2.45. The van der Waals surface area contributed by atoms with Crippen LogP contribution in [0.15, 0.2) is 192 Å². The molecule has 0 N–H and O–H groups in total. The molecule has 10 aromatic rings. The number of furan rings is 1. The SMILES string of the molecule is c1ccc(-c2cc(N(c3cccc(-c4ccc5c(ccc6ccccc65)c4)c3)c3cccc4ccccc34)cc3oc4ccccc4c23)cc1. The van der Waals surface area contributed by atoms with Crippen LogP contribution >= 0.6 is 0 Å². The van der Waals surface area contributed by atoms with E-state index in [2.05, 4.69) is 187 Å². The Morgan fingerprint density at radius 1 is 0.340 bits per heavy atom. The predicted molar refractivity (Wildman–Crippen MR) is 212 cm³/mol. The summed E-state index contributed by atoms with van der Waals surface area (Å²) in [4.78, 5) is 2.39. The van der Waals surface area contributed by atoms with Gasteiger partial charge in [-0.3, -0.25) is 0 Å². The molecule has 0 radical (unpaired) electrons. The van der Waals surface area contributed by atoms with E-state index in [0.29, 0.717) is 0 Å². The number of hydrogen-bond donors (Lipinski definition) is 0. The number of benzene rings is 9. The third-order valence-corrected chi connectivity index (χ3v) is 10.00. The van der Waals surface area contributed by atoms with E-state index >= 15 is 0 Å². The van der Waals surface area contributed by atoms with Gasteiger partial charge in [-0.25, -0.2) is 0 Å². The molecular weight excluding hydrogens is 607 g/mol. The first-order valence-electron chi connectivity index (χ1n) is 17.1. The molecule has 0 amide bonds. The van der Waals surface area contributed by atoms with E-state index in [-0.39, 0.29) is 0 Å². The quantitative estimate of drug-likeness (QED) is 0.175. The molecule has 0 spiro atoms. The summed E-state index contributed by atoms with van der Waals surface area (Å²) in [6.07, 6.45) is 0. The molecule has 50 heavy (non-hydrogen) atoms. The van der Waals surface area contributed by atoms with E-state index in [1.165, 1.54) is 37.9 Å². The molecule has 234 valence electrons. The average Bonchev–Trinajstić information content (AvgIpc) is 3.57. The smallest absolute Gasteiger partial charge is 0.138 e. The van der Waals surface area contributed by atoms with Crippen molar-refractivity contribution in [2.45, 2.75) is 0 Å². The Bertz CT molecular complexity index is 2880. The Balaban J connectivity index is 1.21. The zero-order valence-corrected chi connectivity index (χ0v) is 27.3. The third kappa shape index (κ3) is 4.65. The van der Waals surface area contributed by atoms with Crippen LogP contribution in [0.4, 0.5) is 17.1 Å². The molecule has 10 rings (SSSR count). The van der Waals surface area contributed by atoms with Crippen LogP contribution in [0.3, 0.4) is 0 Å². The second-order valence-corrected chi connectivity index (χ2v) is 12.9. The molecule has 2 nitrogen and oxygen atoms in total. The summed E-state index contributed by atoms with van der Waals surface area (Å²) in [6, 6.07) is 67.5. The lowest BCUT2D eigenvalue weighted by atomic mass is 9.96. The van der Waals surface area contributed by atoms with Crippen molar-refractivity contribution in [3.8, 4) is 22.3 Å². The van der Waals surface area contributed by atoms with Crippen molar-refractivity contribution in [3.05, 3.63) is 188 Å². The molecule has 1 aromatic heterocycles. The minimum atomic E-state index is 0.866. The minimum absolute atomic E-state index is 0.866. The van der Waals surface area contributed by atoms with Crippen molar-refractivity contribution in [3.63, 3.8) is 0 Å². The normalized spacial score (nSPS) is 11.6. The highest BCUT2D eigenvalue weighted by Gasteiger charge is 2.21. The summed E-state index contributed by atoms with van der Waals surface area (Å²) < 4.78 is 6.60. The van der Waals surface area contributed by atoms with Crippen molar-refractivity contribution in [2.24, 2.45) is 0 Å². The second kappa shape index (κ2) is 11.5. The van der Waals surface area contributed by atoms with Crippen LogP contribution in [-0.4, -0.2) is 0 Å². The van der Waals surface area contributed by atoms with Crippen molar-refractivity contribution in [1.29, 1.82) is 0 Å². The maximum absolute atomic E-state index is 6.60. The van der Waals surface area contributed by atoms with Crippen LogP contribution < -0.4 is 4.90 Å². The number of fused-ring (bicyclic) bond motifs is 7. The van der Waals surface area contributed by atoms with E-state index in [1.54, 1.807) is 0 Å². The van der Waals surface area contributed by atoms with E-state index in [0.717, 1.165) is 55.7 Å². The van der Waals surface area contributed by atoms with Gasteiger partial charge in [0.15, 0.2) is 0 Å². The Morgan fingerprint density at radius 2 is 0.980 bits per heavy atom. The van der Waals surface area contributed by atoms with Crippen LogP contribution in [0.1, 0.15) is 0 Å². The fourth-order valence-corrected chi connectivity index (χ4v) is 7.66. The van der Waals surface area contributed by atoms with Gasteiger partial charge in [0.2, 0.25) is 0 Å². The predicted octanol–water partition coefficient (Wildman–Crippen LogP) is 13.8. The fraction of sp³-hybridized carbons (Fsp3) is 0. The Kier molecular flexibility index (Phi) is 6.53. The van der Waals surface area contributed by atoms with Gasteiger partial charge in [-0.05, 0) is 85.6 Å². The van der Waals surface area contributed by atoms with Gasteiger partial charge in [-0.2, -0.15) is 0 Å². The molecule has 2 heteroatoms. The molecule has 0 fully saturated rings. The van der Waals surface area contributed by atoms with Crippen LogP contribution in [-0.2, 0) is 0 Å². The molecule has 0 aliphatic rings. The van der Waals surface area contributed by atoms with E-state index in [4.69, 9.17) is 4.42 Å². The van der Waals surface area contributed by atoms with E-state index in [9.17, 15) is 0 Å². The van der Waals surface area contributed by atoms with Gasteiger partial charge in [-0.15, -0.1) is 0 Å². The summed E-state index contributed by atoms with van der Waals surface area (Å²) in [5.74, 6) is 0. The molecule has 9 aromatic carbocycles. The van der Waals surface area contributed by atoms with Crippen molar-refractivity contribution in [1.82, 2.24) is 0 Å². The summed E-state index contributed by atoms with van der Waals surface area (Å²) in [5, 5.41) is 9.68. The average molecular weight is 638 g/mol. The van der Waals surface area contributed by atoms with E-state index in [1.807, 2.05) is 6.07 Å². The van der Waals surface area contributed by atoms with Crippen molar-refractivity contribution in [2.75, 3.05) is 4.90 Å². The molecule has 0 aliphatic heterocycles. The molecule has 0 saturated carbocycles. The maximum Gasteiger partial charge on any atom is 0.138 e. The lowest BCUT2D eigenvalue weighted by Crippen LogP contribution is -2.11. The number of anilines is 3. The van der Waals surface area contributed by atoms with Crippen LogP contribution in [0.25, 0.3) is 76.5 Å². The Morgan fingerprint density at radius 3 is 1.86 bits per heavy atom. The Hall–Kier alpha value is -6.64. The first-order chi connectivity index (χ1) is 24.8. The first kappa shape index (κ1) is 28.4. The largest absolute Gasteiger partial charge is 0.456 e. The third-order valence-electron chi connectivity index (χ3n) is 10.00. The number of rotatable bonds is 5. The molecule has 0 saturated heterocycles. The van der Waals surface area contributed by atoms with Gasteiger partial charge in [0, 0.05) is 27.9 Å². The van der Waals surface area contributed by atoms with Gasteiger partial charge in [-0.1, -0.05) is 146 Å². The zero-order chi connectivity index (χ0) is 33.0. The van der Waals surface area contributed by atoms with Crippen LogP contribution in [0.5, 0.6) is 0 Å². The Labute approximate surface area is 290 Å². The summed E-state index contributed by atoms with van der Waals surface area (Å²) in [5.41, 5.74) is 9.62. The minimum Gasteiger partial charge on any atom is -0.456 e. The number of hydrogen-bond acceptors (Lipinski definition) is 2. The van der Waals surface area contributed by atoms with E-state index < -0.39 is 0 Å². The van der Waals surface area contributed by atoms with Gasteiger partial charge < -0.3 is 9.32 Å². The maximum atomic E-state index is 6.60. The molecular formula is C48H31NO. The summed E-state index contributed by atoms with van der Waals surface area (Å²) in [7, 11) is 0. The molecule has 1 heterocycles. The summed E-state index contributed by atoms with van der Waals surface area (Å²) >= 11 is 0. The molecule has 0 atom stereocenters. The van der Waals surface area contributed by atoms with Crippen molar-refractivity contribution < 1.29 is 4.42 Å². The highest BCUT2D eigenvalue weighted by atomic mass is 16.3. The monoisotopic (exact) mass is 637 g/mol. The fourth-order valence-electron chi connectivity index (χ4n) is 7.66.